The first-order valence-corrected chi connectivity index (χ1v) is 12.4. The highest BCUT2D eigenvalue weighted by Crippen LogP contribution is 2.35. The van der Waals surface area contributed by atoms with Crippen LogP contribution < -0.4 is 20.1 Å². The second-order valence-electron chi connectivity index (χ2n) is 9.20. The topological polar surface area (TPSA) is 77.3 Å². The molecule has 0 unspecified atom stereocenters. The van der Waals surface area contributed by atoms with Crippen LogP contribution in [0.2, 0.25) is 0 Å². The van der Waals surface area contributed by atoms with E-state index in [9.17, 15) is 4.79 Å². The molecule has 2 fully saturated rings. The number of carbonyl (C=O) groups is 1. The lowest BCUT2D eigenvalue weighted by atomic mass is 10.0. The molecule has 7 heteroatoms. The number of hydrogen-bond acceptors (Lipinski definition) is 6. The Bertz CT molecular complexity index is 917. The molecule has 7 nitrogen and oxygen atoms in total. The van der Waals surface area contributed by atoms with Crippen molar-refractivity contribution < 1.29 is 19.0 Å². The fourth-order valence-corrected chi connectivity index (χ4v) is 5.00. The second-order valence-corrected chi connectivity index (χ2v) is 9.20. The fraction of sp³-hybridized carbons (Fsp3) is 0.519. The van der Waals surface area contributed by atoms with Gasteiger partial charge in [0.1, 0.15) is 6.61 Å². The van der Waals surface area contributed by atoms with Crippen molar-refractivity contribution in [3.63, 3.8) is 0 Å². The first-order chi connectivity index (χ1) is 16.6. The number of hydrogen-bond donors (Lipinski definition) is 1. The van der Waals surface area contributed by atoms with Gasteiger partial charge in [0.2, 0.25) is 5.91 Å². The third kappa shape index (κ3) is 6.64. The lowest BCUT2D eigenvalue weighted by molar-refractivity contribution is -0.122. The molecule has 2 N–H and O–H groups in total. The summed E-state index contributed by atoms with van der Waals surface area (Å²) in [4.78, 5) is 15.9. The van der Waals surface area contributed by atoms with Gasteiger partial charge in [-0.15, -0.1) is 0 Å². The van der Waals surface area contributed by atoms with Crippen LogP contribution in [0, 0.1) is 0 Å². The van der Waals surface area contributed by atoms with E-state index in [-0.39, 0.29) is 12.7 Å². The predicted molar refractivity (Wildman–Crippen MR) is 134 cm³/mol. The summed E-state index contributed by atoms with van der Waals surface area (Å²) >= 11 is 0. The maximum atomic E-state index is 11.0. The molecule has 1 heterocycles. The zero-order chi connectivity index (χ0) is 23.8. The first kappa shape index (κ1) is 24.4. The molecular weight excluding hydrogens is 430 g/mol. The minimum atomic E-state index is -0.430. The Balaban J connectivity index is 1.46. The van der Waals surface area contributed by atoms with Gasteiger partial charge in [-0.3, -0.25) is 9.69 Å². The zero-order valence-electron chi connectivity index (χ0n) is 20.2. The monoisotopic (exact) mass is 467 g/mol. The summed E-state index contributed by atoms with van der Waals surface area (Å²) < 4.78 is 17.4. The highest BCUT2D eigenvalue weighted by molar-refractivity contribution is 5.74. The number of anilines is 1. The van der Waals surface area contributed by atoms with Crippen molar-refractivity contribution >= 4 is 11.6 Å². The average molecular weight is 468 g/mol. The normalized spacial score (nSPS) is 19.3. The van der Waals surface area contributed by atoms with Gasteiger partial charge < -0.3 is 24.8 Å². The minimum Gasteiger partial charge on any atom is -0.493 e. The number of rotatable bonds is 11. The van der Waals surface area contributed by atoms with Crippen LogP contribution in [0.25, 0.3) is 0 Å². The summed E-state index contributed by atoms with van der Waals surface area (Å²) in [7, 11) is 1.70. The molecule has 1 saturated carbocycles. The SMILES string of the molecule is COc1ccc(N2CCN(CCOCC(N)=O)[C@@H](Cc3ccccc3)C2)cc1OC1CCCC1. The van der Waals surface area contributed by atoms with Crippen LogP contribution >= 0.6 is 0 Å². The highest BCUT2D eigenvalue weighted by Gasteiger charge is 2.28. The standard InChI is InChI=1S/C27H37N3O4/c1-32-25-12-11-22(18-26(25)34-24-9-5-6-10-24)30-14-13-29(15-16-33-20-27(28)31)23(19-30)17-21-7-3-2-4-8-21/h2-4,7-8,11-12,18,23-24H,5-6,9-10,13-17,19-20H2,1H3,(H2,28,31)/t23-/m0/s1. The van der Waals surface area contributed by atoms with Crippen molar-refractivity contribution in [2.75, 3.05) is 51.4 Å². The highest BCUT2D eigenvalue weighted by atomic mass is 16.5. The summed E-state index contributed by atoms with van der Waals surface area (Å²) in [5, 5.41) is 0. The molecule has 1 atom stereocenters. The van der Waals surface area contributed by atoms with Crippen molar-refractivity contribution in [2.24, 2.45) is 5.73 Å². The Morgan fingerprint density at radius 3 is 2.59 bits per heavy atom. The number of primary amides is 1. The van der Waals surface area contributed by atoms with Crippen molar-refractivity contribution in [2.45, 2.75) is 44.2 Å². The number of ether oxygens (including phenoxy) is 3. The molecule has 0 radical (unpaired) electrons. The summed E-state index contributed by atoms with van der Waals surface area (Å²) in [6.45, 7) is 3.98. The van der Waals surface area contributed by atoms with Gasteiger partial charge >= 0.3 is 0 Å². The number of nitrogens with two attached hydrogens (primary N) is 1. The van der Waals surface area contributed by atoms with Crippen molar-refractivity contribution in [1.29, 1.82) is 0 Å². The Morgan fingerprint density at radius 2 is 1.85 bits per heavy atom. The van der Waals surface area contributed by atoms with Crippen LogP contribution in [-0.2, 0) is 16.0 Å². The summed E-state index contributed by atoms with van der Waals surface area (Å²) in [6, 6.07) is 17.2. The number of amides is 1. The molecule has 2 aromatic carbocycles. The zero-order valence-corrected chi connectivity index (χ0v) is 20.2. The second kappa shape index (κ2) is 12.1. The lowest BCUT2D eigenvalue weighted by Gasteiger charge is -2.42. The van der Waals surface area contributed by atoms with Gasteiger partial charge in [-0.1, -0.05) is 30.3 Å². The molecule has 0 bridgehead atoms. The Morgan fingerprint density at radius 1 is 1.06 bits per heavy atom. The van der Waals surface area contributed by atoms with E-state index in [4.69, 9.17) is 19.9 Å². The van der Waals surface area contributed by atoms with Crippen LogP contribution in [0.5, 0.6) is 11.5 Å². The largest absolute Gasteiger partial charge is 0.493 e. The first-order valence-electron chi connectivity index (χ1n) is 12.4. The Kier molecular flexibility index (Phi) is 8.66. The van der Waals surface area contributed by atoms with Gasteiger partial charge in [0, 0.05) is 44.0 Å². The molecule has 2 aliphatic rings. The molecule has 4 rings (SSSR count). The number of piperazine rings is 1. The molecule has 1 aliphatic carbocycles. The van der Waals surface area contributed by atoms with Gasteiger partial charge in [0.15, 0.2) is 11.5 Å². The van der Waals surface area contributed by atoms with Gasteiger partial charge in [-0.05, 0) is 49.8 Å². The summed E-state index contributed by atoms with van der Waals surface area (Å²) in [6.07, 6.45) is 5.94. The smallest absolute Gasteiger partial charge is 0.243 e. The molecule has 1 aliphatic heterocycles. The Labute approximate surface area is 202 Å². The third-order valence-corrected chi connectivity index (χ3v) is 6.79. The molecule has 1 amide bonds. The van der Waals surface area contributed by atoms with Gasteiger partial charge in [0.05, 0.1) is 19.8 Å². The van der Waals surface area contributed by atoms with Crippen LogP contribution in [0.3, 0.4) is 0 Å². The molecule has 34 heavy (non-hydrogen) atoms. The van der Waals surface area contributed by atoms with Crippen LogP contribution in [0.4, 0.5) is 5.69 Å². The molecule has 0 spiro atoms. The predicted octanol–water partition coefficient (Wildman–Crippen LogP) is 3.25. The minimum absolute atomic E-state index is 0.0288. The summed E-state index contributed by atoms with van der Waals surface area (Å²) in [5.74, 6) is 1.20. The lowest BCUT2D eigenvalue weighted by Crippen LogP contribution is -2.55. The fourth-order valence-electron chi connectivity index (χ4n) is 5.00. The third-order valence-electron chi connectivity index (χ3n) is 6.79. The maximum absolute atomic E-state index is 11.0. The van der Waals surface area contributed by atoms with Crippen molar-refractivity contribution in [1.82, 2.24) is 4.90 Å². The molecule has 184 valence electrons. The number of nitrogens with zero attached hydrogens (tertiary/aromatic N) is 2. The van der Waals surface area contributed by atoms with E-state index < -0.39 is 5.91 Å². The van der Waals surface area contributed by atoms with Crippen LogP contribution in [0.1, 0.15) is 31.2 Å². The van der Waals surface area contributed by atoms with E-state index in [0.29, 0.717) is 12.6 Å². The average Bonchev–Trinajstić information content (AvgIpc) is 3.36. The van der Waals surface area contributed by atoms with E-state index in [1.54, 1.807) is 7.11 Å². The van der Waals surface area contributed by atoms with E-state index in [2.05, 4.69) is 52.3 Å². The Hall–Kier alpha value is -2.77. The molecule has 2 aromatic rings. The van der Waals surface area contributed by atoms with Crippen LogP contribution in [-0.4, -0.2) is 69.5 Å². The molecule has 0 aromatic heterocycles. The maximum Gasteiger partial charge on any atom is 0.243 e. The number of carbonyl (C=O) groups excluding carboxylic acids is 1. The van der Waals surface area contributed by atoms with Gasteiger partial charge in [-0.2, -0.15) is 0 Å². The quantitative estimate of drug-likeness (QED) is 0.511. The van der Waals surface area contributed by atoms with Crippen LogP contribution in [0.15, 0.2) is 48.5 Å². The van der Waals surface area contributed by atoms with E-state index in [1.165, 1.54) is 18.4 Å². The molecule has 1 saturated heterocycles. The number of benzene rings is 2. The van der Waals surface area contributed by atoms with E-state index >= 15 is 0 Å². The van der Waals surface area contributed by atoms with E-state index in [0.717, 1.165) is 62.6 Å². The van der Waals surface area contributed by atoms with E-state index in [1.807, 2.05) is 6.07 Å². The van der Waals surface area contributed by atoms with Gasteiger partial charge in [0.25, 0.3) is 0 Å². The number of methoxy groups -OCH3 is 1. The van der Waals surface area contributed by atoms with Crippen molar-refractivity contribution in [3.8, 4) is 11.5 Å². The van der Waals surface area contributed by atoms with Crippen molar-refractivity contribution in [3.05, 3.63) is 54.1 Å². The molecular formula is C27H37N3O4. The summed E-state index contributed by atoms with van der Waals surface area (Å²) in [5.41, 5.74) is 7.68. The van der Waals surface area contributed by atoms with Gasteiger partial charge in [-0.25, -0.2) is 0 Å².